The first-order valence-electron chi connectivity index (χ1n) is 5.22. The van der Waals surface area contributed by atoms with Crippen LogP contribution in [-0.4, -0.2) is 42.9 Å². The van der Waals surface area contributed by atoms with E-state index < -0.39 is 23.6 Å². The van der Waals surface area contributed by atoms with Gasteiger partial charge in [-0.15, -0.1) is 0 Å². The average molecular weight is 267 g/mol. The maximum Gasteiger partial charge on any atom is 0.371 e. The minimum Gasteiger partial charge on any atom is -0.465 e. The van der Waals surface area contributed by atoms with Crippen LogP contribution in [0.4, 0.5) is 0 Å². The topological polar surface area (TPSA) is 102 Å². The van der Waals surface area contributed by atoms with Crippen LogP contribution < -0.4 is 5.32 Å². The quantitative estimate of drug-likeness (QED) is 0.431. The van der Waals surface area contributed by atoms with Gasteiger partial charge in [0.15, 0.2) is 0 Å². The van der Waals surface area contributed by atoms with E-state index in [1.54, 1.807) is 18.2 Å². The number of hydrogen-bond donors (Lipinski definition) is 2. The number of nitrogens with one attached hydrogen (secondary N) is 1. The Labute approximate surface area is 109 Å². The lowest BCUT2D eigenvalue weighted by Crippen LogP contribution is -2.61. The molecule has 1 amide bonds. The summed E-state index contributed by atoms with van der Waals surface area (Å²) < 4.78 is 8.54. The predicted octanol–water partition coefficient (Wildman–Crippen LogP) is -0.549. The molecule has 0 atom stereocenters. The second-order valence-corrected chi connectivity index (χ2v) is 3.51. The summed E-state index contributed by atoms with van der Waals surface area (Å²) in [6.07, 6.45) is 0. The smallest absolute Gasteiger partial charge is 0.371 e. The number of amides is 1. The largest absolute Gasteiger partial charge is 0.465 e. The van der Waals surface area contributed by atoms with Gasteiger partial charge in [-0.3, -0.25) is 4.79 Å². The van der Waals surface area contributed by atoms with E-state index in [0.717, 1.165) is 14.2 Å². The molecule has 0 aromatic heterocycles. The van der Waals surface area contributed by atoms with Crippen LogP contribution in [0.3, 0.4) is 0 Å². The van der Waals surface area contributed by atoms with Gasteiger partial charge in [-0.1, -0.05) is 18.2 Å². The SMILES string of the molecule is COC(=O)C(O)(NC(=O)c1ccccc1)C(=O)OC. The summed E-state index contributed by atoms with van der Waals surface area (Å²) in [4.78, 5) is 34.6. The third-order valence-electron chi connectivity index (χ3n) is 2.29. The van der Waals surface area contributed by atoms with E-state index in [-0.39, 0.29) is 5.56 Å². The van der Waals surface area contributed by atoms with Crippen LogP contribution in [-0.2, 0) is 19.1 Å². The molecule has 0 aliphatic rings. The lowest BCUT2D eigenvalue weighted by Gasteiger charge is -2.23. The normalized spacial score (nSPS) is 10.5. The van der Waals surface area contributed by atoms with Crippen LogP contribution in [0, 0.1) is 0 Å². The second-order valence-electron chi connectivity index (χ2n) is 3.51. The molecule has 1 rings (SSSR count). The molecule has 0 unspecified atom stereocenters. The number of hydrogen-bond acceptors (Lipinski definition) is 6. The van der Waals surface area contributed by atoms with E-state index in [0.29, 0.717) is 0 Å². The van der Waals surface area contributed by atoms with Crippen molar-refractivity contribution in [3.63, 3.8) is 0 Å². The van der Waals surface area contributed by atoms with Crippen molar-refractivity contribution in [3.05, 3.63) is 35.9 Å². The highest BCUT2D eigenvalue weighted by atomic mass is 16.6. The zero-order valence-electron chi connectivity index (χ0n) is 10.4. The Morgan fingerprint density at radius 2 is 1.53 bits per heavy atom. The van der Waals surface area contributed by atoms with Crippen molar-refractivity contribution in [2.24, 2.45) is 0 Å². The molecular weight excluding hydrogens is 254 g/mol. The molecule has 0 aliphatic heterocycles. The van der Waals surface area contributed by atoms with Crippen molar-refractivity contribution >= 4 is 17.8 Å². The fourth-order valence-electron chi connectivity index (χ4n) is 1.31. The Kier molecular flexibility index (Phi) is 4.60. The van der Waals surface area contributed by atoms with E-state index in [9.17, 15) is 19.5 Å². The third kappa shape index (κ3) is 3.08. The summed E-state index contributed by atoms with van der Waals surface area (Å²) in [6, 6.07) is 7.76. The minimum absolute atomic E-state index is 0.161. The molecule has 19 heavy (non-hydrogen) atoms. The van der Waals surface area contributed by atoms with E-state index in [2.05, 4.69) is 9.47 Å². The van der Waals surface area contributed by atoms with Gasteiger partial charge in [-0.05, 0) is 12.1 Å². The van der Waals surface area contributed by atoms with Crippen molar-refractivity contribution in [1.82, 2.24) is 5.32 Å². The van der Waals surface area contributed by atoms with Crippen LogP contribution in [0.25, 0.3) is 0 Å². The van der Waals surface area contributed by atoms with Crippen LogP contribution in [0.2, 0.25) is 0 Å². The highest BCUT2D eigenvalue weighted by Gasteiger charge is 2.48. The molecule has 0 fully saturated rings. The number of aliphatic hydroxyl groups is 1. The standard InChI is InChI=1S/C12H13NO6/c1-18-10(15)12(17,11(16)19-2)13-9(14)8-6-4-3-5-7-8/h3-7,17H,1-2H3,(H,13,14). The van der Waals surface area contributed by atoms with Crippen molar-refractivity contribution in [1.29, 1.82) is 0 Å². The molecule has 7 heteroatoms. The number of esters is 2. The molecular formula is C12H13NO6. The number of benzene rings is 1. The maximum atomic E-state index is 11.8. The van der Waals surface area contributed by atoms with Crippen LogP contribution >= 0.6 is 0 Å². The average Bonchev–Trinajstić information content (AvgIpc) is 2.45. The van der Waals surface area contributed by atoms with Gasteiger partial charge in [0.1, 0.15) is 0 Å². The van der Waals surface area contributed by atoms with Crippen molar-refractivity contribution in [2.45, 2.75) is 5.72 Å². The Balaban J connectivity index is 3.00. The number of methoxy groups -OCH3 is 2. The van der Waals surface area contributed by atoms with Crippen LogP contribution in [0.15, 0.2) is 30.3 Å². The van der Waals surface area contributed by atoms with Gasteiger partial charge >= 0.3 is 17.7 Å². The summed E-state index contributed by atoms with van der Waals surface area (Å²) in [5.41, 5.74) is -2.72. The Bertz CT molecular complexity index is 468. The number of carbonyl (C=O) groups excluding carboxylic acids is 3. The number of carbonyl (C=O) groups is 3. The van der Waals surface area contributed by atoms with Gasteiger partial charge in [0.25, 0.3) is 5.91 Å². The molecule has 0 bridgehead atoms. The molecule has 2 N–H and O–H groups in total. The summed E-state index contributed by atoms with van der Waals surface area (Å²) in [6.45, 7) is 0. The lowest BCUT2D eigenvalue weighted by atomic mass is 10.1. The first-order valence-corrected chi connectivity index (χ1v) is 5.22. The Hall–Kier alpha value is -2.41. The molecule has 102 valence electrons. The highest BCUT2D eigenvalue weighted by Crippen LogP contribution is 2.08. The maximum absolute atomic E-state index is 11.8. The van der Waals surface area contributed by atoms with Crippen molar-refractivity contribution in [2.75, 3.05) is 14.2 Å². The first-order chi connectivity index (χ1) is 8.95. The monoisotopic (exact) mass is 267 g/mol. The fraction of sp³-hybridized carbons (Fsp3) is 0.250. The molecule has 0 heterocycles. The Morgan fingerprint density at radius 1 is 1.05 bits per heavy atom. The van der Waals surface area contributed by atoms with Crippen molar-refractivity contribution in [3.8, 4) is 0 Å². The zero-order valence-corrected chi connectivity index (χ0v) is 10.4. The second kappa shape index (κ2) is 5.96. The molecule has 0 saturated carbocycles. The van der Waals surface area contributed by atoms with E-state index in [1.807, 2.05) is 5.32 Å². The third-order valence-corrected chi connectivity index (χ3v) is 2.29. The molecule has 0 radical (unpaired) electrons. The van der Waals surface area contributed by atoms with Gasteiger partial charge < -0.3 is 19.9 Å². The zero-order chi connectivity index (χ0) is 14.5. The summed E-state index contributed by atoms with van der Waals surface area (Å²) >= 11 is 0. The Morgan fingerprint density at radius 3 is 1.95 bits per heavy atom. The fourth-order valence-corrected chi connectivity index (χ4v) is 1.31. The number of rotatable bonds is 4. The van der Waals surface area contributed by atoms with Gasteiger partial charge in [-0.2, -0.15) is 0 Å². The first kappa shape index (κ1) is 14.7. The molecule has 1 aromatic carbocycles. The molecule has 0 spiro atoms. The van der Waals surface area contributed by atoms with Gasteiger partial charge in [0.05, 0.1) is 14.2 Å². The van der Waals surface area contributed by atoms with Gasteiger partial charge in [0, 0.05) is 5.56 Å². The summed E-state index contributed by atoms with van der Waals surface area (Å²) in [7, 11) is 1.93. The molecule has 7 nitrogen and oxygen atoms in total. The van der Waals surface area contributed by atoms with Gasteiger partial charge in [-0.25, -0.2) is 9.59 Å². The van der Waals surface area contributed by atoms with Gasteiger partial charge in [0.2, 0.25) is 0 Å². The summed E-state index contributed by atoms with van der Waals surface area (Å²) in [5, 5.41) is 11.8. The molecule has 1 aromatic rings. The molecule has 0 saturated heterocycles. The van der Waals surface area contributed by atoms with Crippen LogP contribution in [0.1, 0.15) is 10.4 Å². The van der Waals surface area contributed by atoms with E-state index >= 15 is 0 Å². The van der Waals surface area contributed by atoms with E-state index in [4.69, 9.17) is 0 Å². The lowest BCUT2D eigenvalue weighted by molar-refractivity contribution is -0.183. The predicted molar refractivity (Wildman–Crippen MR) is 62.9 cm³/mol. The van der Waals surface area contributed by atoms with E-state index in [1.165, 1.54) is 12.1 Å². The minimum atomic E-state index is -2.88. The van der Waals surface area contributed by atoms with Crippen LogP contribution in [0.5, 0.6) is 0 Å². The summed E-state index contributed by atoms with van der Waals surface area (Å²) in [5.74, 6) is -3.51. The van der Waals surface area contributed by atoms with Crippen molar-refractivity contribution < 1.29 is 29.0 Å². The number of ether oxygens (including phenoxy) is 2. The molecule has 0 aliphatic carbocycles. The highest BCUT2D eigenvalue weighted by molar-refractivity contribution is 6.08.